The maximum Gasteiger partial charge on any atom is 0.294 e. The van der Waals surface area contributed by atoms with E-state index in [4.69, 9.17) is 13.9 Å². The molecule has 1 aliphatic rings. The highest BCUT2D eigenvalue weighted by atomic mass is 16.5. The molecule has 9 heteroatoms. The molecule has 9 nitrogen and oxygen atoms in total. The first-order chi connectivity index (χ1) is 18.3. The van der Waals surface area contributed by atoms with Gasteiger partial charge < -0.3 is 24.3 Å². The fourth-order valence-corrected chi connectivity index (χ4v) is 4.61. The van der Waals surface area contributed by atoms with Gasteiger partial charge >= 0.3 is 0 Å². The van der Waals surface area contributed by atoms with Crippen molar-refractivity contribution in [2.75, 3.05) is 24.4 Å². The molecular formula is C29H24N2O7. The SMILES string of the molecule is COc1cccc(C2C(C(=O)c3cc4cccc(OC)c4o3)=C(O)C(=O)N2c2cccc(NC(C)=O)c2)c1. The lowest BCUT2D eigenvalue weighted by molar-refractivity contribution is -0.117. The Bertz CT molecular complexity index is 1620. The van der Waals surface area contributed by atoms with Crippen molar-refractivity contribution in [3.05, 3.63) is 95.5 Å². The van der Waals surface area contributed by atoms with Crippen LogP contribution in [0.2, 0.25) is 0 Å². The van der Waals surface area contributed by atoms with Crippen molar-refractivity contribution in [2.24, 2.45) is 0 Å². The lowest BCUT2D eigenvalue weighted by Gasteiger charge is -2.27. The average Bonchev–Trinajstić information content (AvgIpc) is 3.47. The molecule has 0 bridgehead atoms. The van der Waals surface area contributed by atoms with E-state index in [0.717, 1.165) is 0 Å². The zero-order valence-electron chi connectivity index (χ0n) is 20.8. The van der Waals surface area contributed by atoms with E-state index in [0.29, 0.717) is 39.4 Å². The minimum Gasteiger partial charge on any atom is -0.503 e. The Morgan fingerprint density at radius 2 is 1.74 bits per heavy atom. The smallest absolute Gasteiger partial charge is 0.294 e. The zero-order chi connectivity index (χ0) is 27.0. The molecule has 1 unspecified atom stereocenters. The summed E-state index contributed by atoms with van der Waals surface area (Å²) in [4.78, 5) is 40.3. The number of nitrogens with zero attached hydrogens (tertiary/aromatic N) is 1. The van der Waals surface area contributed by atoms with E-state index in [1.54, 1.807) is 72.8 Å². The van der Waals surface area contributed by atoms with Crippen LogP contribution in [0.15, 0.2) is 88.5 Å². The second-order valence-electron chi connectivity index (χ2n) is 8.67. The molecule has 0 spiro atoms. The third-order valence-electron chi connectivity index (χ3n) is 6.26. The maximum atomic E-state index is 13.9. The van der Waals surface area contributed by atoms with E-state index in [1.165, 1.54) is 26.0 Å². The number of methoxy groups -OCH3 is 2. The molecule has 0 saturated carbocycles. The summed E-state index contributed by atoms with van der Waals surface area (Å²) in [5.74, 6) is -1.49. The molecule has 3 aromatic carbocycles. The van der Waals surface area contributed by atoms with Crippen LogP contribution in [0, 0.1) is 0 Å². The Labute approximate surface area is 217 Å². The molecule has 2 heterocycles. The van der Waals surface area contributed by atoms with E-state index in [-0.39, 0.29) is 17.2 Å². The number of fused-ring (bicyclic) bond motifs is 1. The number of benzene rings is 3. The van der Waals surface area contributed by atoms with Gasteiger partial charge in [0, 0.05) is 23.7 Å². The van der Waals surface area contributed by atoms with Crippen LogP contribution in [0.3, 0.4) is 0 Å². The lowest BCUT2D eigenvalue weighted by atomic mass is 9.94. The monoisotopic (exact) mass is 512 g/mol. The summed E-state index contributed by atoms with van der Waals surface area (Å²) < 4.78 is 16.6. The number of Topliss-reactive ketones (excluding diaryl/α,β-unsaturated/α-hetero) is 1. The Kier molecular flexibility index (Phi) is 6.34. The first-order valence-electron chi connectivity index (χ1n) is 11.7. The summed E-state index contributed by atoms with van der Waals surface area (Å²) in [6.45, 7) is 1.37. The van der Waals surface area contributed by atoms with E-state index in [9.17, 15) is 19.5 Å². The average molecular weight is 513 g/mol. The molecule has 4 aromatic rings. The predicted molar refractivity (Wildman–Crippen MR) is 141 cm³/mol. The maximum absolute atomic E-state index is 13.9. The van der Waals surface area contributed by atoms with Gasteiger partial charge in [-0.1, -0.05) is 30.3 Å². The Morgan fingerprint density at radius 3 is 2.47 bits per heavy atom. The number of amides is 2. The third kappa shape index (κ3) is 4.24. The Morgan fingerprint density at radius 1 is 0.974 bits per heavy atom. The van der Waals surface area contributed by atoms with Gasteiger partial charge in [0.1, 0.15) is 5.75 Å². The van der Waals surface area contributed by atoms with Gasteiger partial charge in [-0.25, -0.2) is 0 Å². The molecule has 2 amide bonds. The molecule has 5 rings (SSSR count). The second-order valence-corrected chi connectivity index (χ2v) is 8.67. The topological polar surface area (TPSA) is 118 Å². The molecular weight excluding hydrogens is 488 g/mol. The fraction of sp³-hybridized carbons (Fsp3) is 0.138. The number of ketones is 1. The van der Waals surface area contributed by atoms with Crippen LogP contribution < -0.4 is 19.7 Å². The van der Waals surface area contributed by atoms with Crippen molar-refractivity contribution < 1.29 is 33.4 Å². The van der Waals surface area contributed by atoms with Crippen molar-refractivity contribution in [1.82, 2.24) is 0 Å². The van der Waals surface area contributed by atoms with Crippen molar-refractivity contribution in [3.8, 4) is 11.5 Å². The van der Waals surface area contributed by atoms with Crippen LogP contribution >= 0.6 is 0 Å². The van der Waals surface area contributed by atoms with Crippen LogP contribution in [0.4, 0.5) is 11.4 Å². The normalized spacial score (nSPS) is 15.2. The van der Waals surface area contributed by atoms with Crippen LogP contribution in [0.25, 0.3) is 11.0 Å². The van der Waals surface area contributed by atoms with Gasteiger partial charge in [0.25, 0.3) is 5.91 Å². The first kappa shape index (κ1) is 24.6. The quantitative estimate of drug-likeness (QED) is 0.327. The van der Waals surface area contributed by atoms with Gasteiger partial charge in [-0.2, -0.15) is 0 Å². The minimum absolute atomic E-state index is 0.0550. The summed E-state index contributed by atoms with van der Waals surface area (Å²) in [6.07, 6.45) is 0. The number of ether oxygens (including phenoxy) is 2. The van der Waals surface area contributed by atoms with Crippen LogP contribution in [-0.4, -0.2) is 36.9 Å². The molecule has 1 atom stereocenters. The number of rotatable bonds is 7. The molecule has 0 aliphatic carbocycles. The molecule has 1 aliphatic heterocycles. The van der Waals surface area contributed by atoms with Crippen molar-refractivity contribution in [3.63, 3.8) is 0 Å². The van der Waals surface area contributed by atoms with Gasteiger partial charge in [0.2, 0.25) is 11.7 Å². The second kappa shape index (κ2) is 9.78. The van der Waals surface area contributed by atoms with Gasteiger partial charge in [-0.15, -0.1) is 0 Å². The van der Waals surface area contributed by atoms with Gasteiger partial charge in [0.05, 0.1) is 25.8 Å². The van der Waals surface area contributed by atoms with Crippen molar-refractivity contribution >= 4 is 39.9 Å². The summed E-state index contributed by atoms with van der Waals surface area (Å²) in [5, 5.41) is 14.4. The number of nitrogens with one attached hydrogen (secondary N) is 1. The van der Waals surface area contributed by atoms with Gasteiger partial charge in [0.15, 0.2) is 22.9 Å². The first-order valence-corrected chi connectivity index (χ1v) is 11.7. The number of hydrogen-bond donors (Lipinski definition) is 2. The molecule has 0 fully saturated rings. The number of hydrogen-bond acceptors (Lipinski definition) is 7. The predicted octanol–water partition coefficient (Wildman–Crippen LogP) is 5.19. The highest BCUT2D eigenvalue weighted by Crippen LogP contribution is 2.43. The van der Waals surface area contributed by atoms with Crippen molar-refractivity contribution in [2.45, 2.75) is 13.0 Å². The Balaban J connectivity index is 1.66. The molecule has 1 aromatic heterocycles. The molecule has 2 N–H and O–H groups in total. The summed E-state index contributed by atoms with van der Waals surface area (Å²) >= 11 is 0. The molecule has 0 saturated heterocycles. The van der Waals surface area contributed by atoms with Gasteiger partial charge in [-0.3, -0.25) is 19.3 Å². The standard InChI is InChI=1S/C29H24N2O7/c1-16(32)30-19-9-6-10-20(15-19)31-25(17-7-4-11-21(13-17)36-2)24(27(34)29(31)35)26(33)23-14-18-8-5-12-22(37-3)28(18)38-23/h4-15,25,34H,1-3H3,(H,30,32). The molecule has 0 radical (unpaired) electrons. The van der Waals surface area contributed by atoms with Gasteiger partial charge in [-0.05, 0) is 48.0 Å². The summed E-state index contributed by atoms with van der Waals surface area (Å²) in [7, 11) is 3.00. The van der Waals surface area contributed by atoms with Crippen molar-refractivity contribution in [1.29, 1.82) is 0 Å². The summed E-state index contributed by atoms with van der Waals surface area (Å²) in [5.41, 5.74) is 1.58. The lowest BCUT2D eigenvalue weighted by Crippen LogP contribution is -2.31. The fourth-order valence-electron chi connectivity index (χ4n) is 4.61. The number of anilines is 2. The van der Waals surface area contributed by atoms with E-state index in [1.807, 2.05) is 0 Å². The number of aliphatic hydroxyl groups excluding tert-OH is 1. The molecule has 38 heavy (non-hydrogen) atoms. The molecule has 192 valence electrons. The van der Waals surface area contributed by atoms with E-state index in [2.05, 4.69) is 5.32 Å². The summed E-state index contributed by atoms with van der Waals surface area (Å²) in [6, 6.07) is 19.3. The number of para-hydroxylation sites is 1. The Hall–Kier alpha value is -5.05. The van der Waals surface area contributed by atoms with Crippen LogP contribution in [-0.2, 0) is 9.59 Å². The van der Waals surface area contributed by atoms with Crippen LogP contribution in [0.1, 0.15) is 29.1 Å². The third-order valence-corrected chi connectivity index (χ3v) is 6.26. The highest BCUT2D eigenvalue weighted by Gasteiger charge is 2.45. The number of aliphatic hydroxyl groups is 1. The van der Waals surface area contributed by atoms with Crippen LogP contribution in [0.5, 0.6) is 11.5 Å². The van der Waals surface area contributed by atoms with E-state index < -0.39 is 23.5 Å². The zero-order valence-corrected chi connectivity index (χ0v) is 20.8. The highest BCUT2D eigenvalue weighted by molar-refractivity contribution is 6.21. The minimum atomic E-state index is -1.01. The number of carbonyl (C=O) groups excluding carboxylic acids is 3. The number of carbonyl (C=O) groups is 3. The largest absolute Gasteiger partial charge is 0.503 e. The van der Waals surface area contributed by atoms with E-state index >= 15 is 0 Å². The number of furan rings is 1.